The maximum atomic E-state index is 11.8. The van der Waals surface area contributed by atoms with Crippen LogP contribution in [0.15, 0.2) is 0 Å². The fraction of sp³-hybridized carbons (Fsp3) is 0.833. The highest BCUT2D eigenvalue weighted by Crippen LogP contribution is 2.27. The Balaban J connectivity index is 2.31. The lowest BCUT2D eigenvalue weighted by Crippen LogP contribution is -2.43. The van der Waals surface area contributed by atoms with E-state index in [4.69, 9.17) is 5.11 Å². The van der Waals surface area contributed by atoms with Gasteiger partial charge in [0.1, 0.15) is 6.04 Å². The maximum absolute atomic E-state index is 11.8. The van der Waals surface area contributed by atoms with E-state index in [0.717, 1.165) is 6.42 Å². The Morgan fingerprint density at radius 3 is 2.50 bits per heavy atom. The number of carboxylic acid groups (broad SMARTS) is 1. The lowest BCUT2D eigenvalue weighted by atomic mass is 10.1. The van der Waals surface area contributed by atoms with Crippen LogP contribution in [-0.2, 0) is 20.4 Å². The zero-order chi connectivity index (χ0) is 13.5. The van der Waals surface area contributed by atoms with Crippen LogP contribution in [0.2, 0.25) is 0 Å². The summed E-state index contributed by atoms with van der Waals surface area (Å²) in [6.45, 7) is 1.26. The number of rotatable bonds is 7. The van der Waals surface area contributed by atoms with Crippen molar-refractivity contribution < 1.29 is 18.9 Å². The highest BCUT2D eigenvalue weighted by atomic mass is 32.2. The van der Waals surface area contributed by atoms with Gasteiger partial charge in [-0.05, 0) is 12.3 Å². The van der Waals surface area contributed by atoms with E-state index in [1.807, 2.05) is 0 Å². The highest BCUT2D eigenvalue weighted by Gasteiger charge is 2.22. The minimum atomic E-state index is -1.18. The summed E-state index contributed by atoms with van der Waals surface area (Å²) < 4.78 is 11.8. The first kappa shape index (κ1) is 15.1. The first-order valence-corrected chi connectivity index (χ1v) is 7.82. The Kier molecular flexibility index (Phi) is 6.32. The third-order valence-corrected chi connectivity index (χ3v) is 4.65. The third kappa shape index (κ3) is 5.62. The zero-order valence-electron chi connectivity index (χ0n) is 10.7. The quantitative estimate of drug-likeness (QED) is 0.723. The van der Waals surface area contributed by atoms with E-state index in [1.165, 1.54) is 32.6 Å². The third-order valence-electron chi connectivity index (χ3n) is 3.26. The molecule has 1 fully saturated rings. The number of nitrogens with one attached hydrogen (secondary N) is 1. The number of carbonyl (C=O) groups excluding carboxylic acids is 1. The molecule has 18 heavy (non-hydrogen) atoms. The van der Waals surface area contributed by atoms with Crippen molar-refractivity contribution in [3.05, 3.63) is 0 Å². The molecule has 1 rings (SSSR count). The van der Waals surface area contributed by atoms with E-state index in [0.29, 0.717) is 11.7 Å². The molecule has 0 aromatic rings. The maximum Gasteiger partial charge on any atom is 0.327 e. The predicted octanol–water partition coefficient (Wildman–Crippen LogP) is 0.905. The highest BCUT2D eigenvalue weighted by molar-refractivity contribution is 7.85. The van der Waals surface area contributed by atoms with Crippen LogP contribution in [0.25, 0.3) is 0 Å². The van der Waals surface area contributed by atoms with Crippen LogP contribution >= 0.6 is 0 Å². The largest absolute Gasteiger partial charge is 0.480 e. The normalized spacial score (nSPS) is 19.4. The molecule has 2 unspecified atom stereocenters. The Labute approximate surface area is 110 Å². The van der Waals surface area contributed by atoms with Crippen LogP contribution in [0, 0.1) is 5.92 Å². The van der Waals surface area contributed by atoms with Crippen LogP contribution in [0.1, 0.15) is 39.0 Å². The van der Waals surface area contributed by atoms with Crippen LogP contribution < -0.4 is 5.32 Å². The number of carbonyl (C=O) groups is 2. The Morgan fingerprint density at radius 2 is 2.00 bits per heavy atom. The monoisotopic (exact) mass is 275 g/mol. The number of amides is 1. The summed E-state index contributed by atoms with van der Waals surface area (Å²) in [6, 6.07) is -1.04. The molecule has 104 valence electrons. The molecular weight excluding hydrogens is 254 g/mol. The molecule has 0 bridgehead atoms. The smallest absolute Gasteiger partial charge is 0.327 e. The number of carboxylic acids is 1. The number of aliphatic carboxylic acids is 1. The second kappa shape index (κ2) is 7.51. The van der Waals surface area contributed by atoms with Crippen LogP contribution in [0.5, 0.6) is 0 Å². The Bertz CT molecular complexity index is 326. The Morgan fingerprint density at radius 1 is 1.39 bits per heavy atom. The molecule has 2 atom stereocenters. The molecule has 0 aromatic carbocycles. The van der Waals surface area contributed by atoms with E-state index in [1.54, 1.807) is 0 Å². The van der Waals surface area contributed by atoms with Gasteiger partial charge >= 0.3 is 5.97 Å². The molecule has 0 spiro atoms. The summed E-state index contributed by atoms with van der Waals surface area (Å²) in [5.41, 5.74) is 0. The van der Waals surface area contributed by atoms with Crippen molar-refractivity contribution in [2.24, 2.45) is 5.92 Å². The zero-order valence-corrected chi connectivity index (χ0v) is 11.5. The van der Waals surface area contributed by atoms with Crippen molar-refractivity contribution >= 4 is 22.7 Å². The number of hydrogen-bond donors (Lipinski definition) is 2. The second-order valence-corrected chi connectivity index (χ2v) is 6.46. The van der Waals surface area contributed by atoms with Gasteiger partial charge in [0.2, 0.25) is 5.91 Å². The molecule has 0 aromatic heterocycles. The molecule has 1 saturated carbocycles. The summed E-state index contributed by atoms with van der Waals surface area (Å²) in [6.07, 6.45) is 5.80. The van der Waals surface area contributed by atoms with Gasteiger partial charge < -0.3 is 10.4 Å². The summed E-state index contributed by atoms with van der Waals surface area (Å²) in [4.78, 5) is 21.7. The predicted molar refractivity (Wildman–Crippen MR) is 69.7 cm³/mol. The molecule has 2 N–H and O–H groups in total. The van der Waals surface area contributed by atoms with E-state index in [2.05, 4.69) is 5.32 Å². The average Bonchev–Trinajstić information content (AvgIpc) is 2.77. The second-order valence-electron chi connectivity index (χ2n) is 4.84. The van der Waals surface area contributed by atoms with Crippen molar-refractivity contribution in [2.45, 2.75) is 45.1 Å². The lowest BCUT2D eigenvalue weighted by molar-refractivity contribution is -0.140. The van der Waals surface area contributed by atoms with Gasteiger partial charge in [-0.1, -0.05) is 25.7 Å². The number of hydrogen-bond acceptors (Lipinski definition) is 3. The van der Waals surface area contributed by atoms with Crippen molar-refractivity contribution in [3.8, 4) is 0 Å². The fourth-order valence-corrected chi connectivity index (χ4v) is 3.65. The van der Waals surface area contributed by atoms with Crippen LogP contribution in [-0.4, -0.2) is 38.7 Å². The molecule has 1 amide bonds. The average molecular weight is 275 g/mol. The molecule has 5 nitrogen and oxygen atoms in total. The Hall–Kier alpha value is -0.910. The van der Waals surface area contributed by atoms with Crippen molar-refractivity contribution in [2.75, 3.05) is 11.5 Å². The molecule has 0 radical (unpaired) electrons. The van der Waals surface area contributed by atoms with Crippen molar-refractivity contribution in [1.29, 1.82) is 0 Å². The molecule has 0 aliphatic heterocycles. The standard InChI is InChI=1S/C12H21NO4S/c1-9(14)13-11(12(15)16)8-18(17)7-6-10-4-2-3-5-10/h10-11H,2-8H2,1H3,(H,13,14)(H,15,16). The molecule has 1 aliphatic rings. The van der Waals surface area contributed by atoms with E-state index in [-0.39, 0.29) is 5.75 Å². The van der Waals surface area contributed by atoms with Gasteiger partial charge in [0, 0.05) is 23.5 Å². The van der Waals surface area contributed by atoms with Gasteiger partial charge in [-0.15, -0.1) is 0 Å². The van der Waals surface area contributed by atoms with Crippen molar-refractivity contribution in [3.63, 3.8) is 0 Å². The van der Waals surface area contributed by atoms with Gasteiger partial charge in [-0.25, -0.2) is 4.79 Å². The molecule has 0 heterocycles. The molecular formula is C12H21NO4S. The van der Waals surface area contributed by atoms with Crippen LogP contribution in [0.4, 0.5) is 0 Å². The first-order chi connectivity index (χ1) is 8.49. The SMILES string of the molecule is CC(=O)NC(CS(=O)CCC1CCCC1)C(=O)O. The topological polar surface area (TPSA) is 83.5 Å². The summed E-state index contributed by atoms with van der Waals surface area (Å²) >= 11 is 0. The lowest BCUT2D eigenvalue weighted by Gasteiger charge is -2.13. The van der Waals surface area contributed by atoms with Gasteiger partial charge in [0.25, 0.3) is 0 Å². The fourth-order valence-electron chi connectivity index (χ4n) is 2.29. The van der Waals surface area contributed by atoms with E-state index >= 15 is 0 Å². The minimum absolute atomic E-state index is 0.00162. The van der Waals surface area contributed by atoms with E-state index in [9.17, 15) is 13.8 Å². The van der Waals surface area contributed by atoms with Gasteiger partial charge in [-0.3, -0.25) is 9.00 Å². The van der Waals surface area contributed by atoms with Crippen LogP contribution in [0.3, 0.4) is 0 Å². The van der Waals surface area contributed by atoms with Crippen molar-refractivity contribution in [1.82, 2.24) is 5.32 Å². The van der Waals surface area contributed by atoms with E-state index < -0.39 is 28.7 Å². The molecule has 1 aliphatic carbocycles. The summed E-state index contributed by atoms with van der Waals surface area (Å²) in [5.74, 6) is -0.344. The van der Waals surface area contributed by atoms with Gasteiger partial charge in [-0.2, -0.15) is 0 Å². The summed E-state index contributed by atoms with van der Waals surface area (Å²) in [7, 11) is -1.18. The summed E-state index contributed by atoms with van der Waals surface area (Å²) in [5, 5.41) is 11.2. The molecule has 6 heteroatoms. The van der Waals surface area contributed by atoms with Gasteiger partial charge in [0.15, 0.2) is 0 Å². The molecule has 0 saturated heterocycles. The first-order valence-electron chi connectivity index (χ1n) is 6.34. The minimum Gasteiger partial charge on any atom is -0.480 e. The van der Waals surface area contributed by atoms with Gasteiger partial charge in [0.05, 0.1) is 5.75 Å².